The van der Waals surface area contributed by atoms with E-state index in [0.717, 1.165) is 23.6 Å². The minimum absolute atomic E-state index is 0.193. The van der Waals surface area contributed by atoms with Crippen molar-refractivity contribution in [3.63, 3.8) is 0 Å². The number of amides is 1. The Labute approximate surface area is 226 Å². The summed E-state index contributed by atoms with van der Waals surface area (Å²) in [6, 6.07) is 10.1. The highest BCUT2D eigenvalue weighted by molar-refractivity contribution is 5.88. The van der Waals surface area contributed by atoms with E-state index in [1.807, 2.05) is 36.1 Å². The van der Waals surface area contributed by atoms with Crippen LogP contribution in [-0.4, -0.2) is 66.4 Å². The van der Waals surface area contributed by atoms with Gasteiger partial charge in [0.15, 0.2) is 6.10 Å². The van der Waals surface area contributed by atoms with Gasteiger partial charge in [-0.1, -0.05) is 12.1 Å². The Kier molecular flexibility index (Phi) is 8.68. The van der Waals surface area contributed by atoms with E-state index in [2.05, 4.69) is 4.98 Å². The smallest absolute Gasteiger partial charge is 0.417 e. The summed E-state index contributed by atoms with van der Waals surface area (Å²) < 4.78 is 55.3. The lowest BCUT2D eigenvalue weighted by Crippen LogP contribution is -2.52. The van der Waals surface area contributed by atoms with Crippen LogP contribution in [0, 0.1) is 5.92 Å². The molecule has 3 heterocycles. The van der Waals surface area contributed by atoms with Crippen LogP contribution in [0.4, 0.5) is 19.0 Å². The number of pyridine rings is 1. The minimum Gasteiger partial charge on any atom is -0.494 e. The van der Waals surface area contributed by atoms with Crippen LogP contribution in [0.5, 0.6) is 5.75 Å². The summed E-state index contributed by atoms with van der Waals surface area (Å²) in [5, 5.41) is 0. The quantitative estimate of drug-likeness (QED) is 0.427. The maximum absolute atomic E-state index is 13.7. The molecule has 0 spiro atoms. The van der Waals surface area contributed by atoms with E-state index < -0.39 is 35.5 Å². The Bertz CT molecular complexity index is 1130. The first-order valence-corrected chi connectivity index (χ1v) is 13.2. The van der Waals surface area contributed by atoms with Gasteiger partial charge in [0.05, 0.1) is 18.1 Å². The first-order valence-electron chi connectivity index (χ1n) is 13.2. The Morgan fingerprint density at radius 3 is 2.36 bits per heavy atom. The standard InChI is InChI=1S/C28H34F3N3O5/c1-4-37-21-11-8-19(9-12-21)6-5-7-22(24-26(36)39-27(2,3)38-24)25(35)34-16-14-33(15-17-34)23-13-10-20(18-32-23)28(29,30)31/h8-13,18,22,24H,4-7,14-17H2,1-3H3/t22-,24+/m1/s1. The molecule has 212 valence electrons. The number of halogens is 3. The number of nitrogens with zero attached hydrogens (tertiary/aromatic N) is 3. The van der Waals surface area contributed by atoms with Gasteiger partial charge in [0.2, 0.25) is 11.7 Å². The van der Waals surface area contributed by atoms with E-state index in [4.69, 9.17) is 14.2 Å². The van der Waals surface area contributed by atoms with Crippen LogP contribution in [-0.2, 0) is 31.7 Å². The molecular formula is C28H34F3N3O5. The maximum atomic E-state index is 13.7. The third-order valence-corrected chi connectivity index (χ3v) is 6.88. The molecule has 0 saturated carbocycles. The fourth-order valence-electron chi connectivity index (χ4n) is 4.91. The lowest BCUT2D eigenvalue weighted by Gasteiger charge is -2.37. The zero-order chi connectivity index (χ0) is 28.2. The number of rotatable bonds is 9. The molecule has 2 fully saturated rings. The molecule has 0 N–H and O–H groups in total. The molecule has 8 nitrogen and oxygen atoms in total. The summed E-state index contributed by atoms with van der Waals surface area (Å²) in [6.45, 7) is 7.31. The summed E-state index contributed by atoms with van der Waals surface area (Å²) in [5.41, 5.74) is 0.289. The van der Waals surface area contributed by atoms with Crippen LogP contribution in [0.25, 0.3) is 0 Å². The average molecular weight is 550 g/mol. The molecule has 0 unspecified atom stereocenters. The molecule has 0 aliphatic carbocycles. The van der Waals surface area contributed by atoms with Gasteiger partial charge < -0.3 is 24.0 Å². The summed E-state index contributed by atoms with van der Waals surface area (Å²) in [7, 11) is 0. The van der Waals surface area contributed by atoms with E-state index in [1.165, 1.54) is 6.07 Å². The molecule has 4 rings (SSSR count). The number of alkyl halides is 3. The second kappa shape index (κ2) is 11.8. The van der Waals surface area contributed by atoms with Gasteiger partial charge >= 0.3 is 12.1 Å². The van der Waals surface area contributed by atoms with Gasteiger partial charge in [0, 0.05) is 46.2 Å². The van der Waals surface area contributed by atoms with Crippen molar-refractivity contribution in [3.8, 4) is 5.75 Å². The number of piperazine rings is 1. The highest BCUT2D eigenvalue weighted by Crippen LogP contribution is 2.33. The SMILES string of the molecule is CCOc1ccc(CCC[C@@H](C(=O)N2CCN(c3ccc(C(F)(F)F)cn3)CC2)[C@@H]2OC(C)(C)OC2=O)cc1. The molecule has 1 aromatic carbocycles. The van der Waals surface area contributed by atoms with Crippen molar-refractivity contribution in [1.29, 1.82) is 0 Å². The third-order valence-electron chi connectivity index (χ3n) is 6.88. The van der Waals surface area contributed by atoms with Gasteiger partial charge in [-0.15, -0.1) is 0 Å². The van der Waals surface area contributed by atoms with Crippen LogP contribution in [0.2, 0.25) is 0 Å². The molecule has 2 aromatic rings. The third kappa shape index (κ3) is 7.20. The van der Waals surface area contributed by atoms with Crippen LogP contribution in [0.15, 0.2) is 42.6 Å². The number of carbonyl (C=O) groups is 2. The molecule has 11 heteroatoms. The maximum Gasteiger partial charge on any atom is 0.417 e. The largest absolute Gasteiger partial charge is 0.494 e. The lowest BCUT2D eigenvalue weighted by atomic mass is 9.92. The predicted molar refractivity (Wildman–Crippen MR) is 137 cm³/mol. The highest BCUT2D eigenvalue weighted by atomic mass is 19.4. The Hall–Kier alpha value is -3.34. The first kappa shape index (κ1) is 28.7. The monoisotopic (exact) mass is 549 g/mol. The molecule has 1 amide bonds. The number of anilines is 1. The van der Waals surface area contributed by atoms with Crippen LogP contribution in [0.1, 0.15) is 44.7 Å². The normalized spacial score (nSPS) is 20.1. The number of esters is 1. The number of aromatic nitrogens is 1. The van der Waals surface area contributed by atoms with E-state index in [-0.39, 0.29) is 5.91 Å². The molecule has 0 radical (unpaired) electrons. The zero-order valence-corrected chi connectivity index (χ0v) is 22.4. The Morgan fingerprint density at radius 1 is 1.13 bits per heavy atom. The average Bonchev–Trinajstić information content (AvgIpc) is 3.18. The highest BCUT2D eigenvalue weighted by Gasteiger charge is 2.48. The van der Waals surface area contributed by atoms with Gasteiger partial charge in [-0.2, -0.15) is 13.2 Å². The number of hydrogen-bond acceptors (Lipinski definition) is 7. The Balaban J connectivity index is 1.39. The van der Waals surface area contributed by atoms with Crippen LogP contribution < -0.4 is 9.64 Å². The van der Waals surface area contributed by atoms with Crippen molar-refractivity contribution in [3.05, 3.63) is 53.7 Å². The van der Waals surface area contributed by atoms with Gasteiger partial charge in [-0.25, -0.2) is 9.78 Å². The van der Waals surface area contributed by atoms with Crippen molar-refractivity contribution in [2.75, 3.05) is 37.7 Å². The molecule has 0 bridgehead atoms. The molecular weight excluding hydrogens is 515 g/mol. The number of benzene rings is 1. The van der Waals surface area contributed by atoms with Gasteiger partial charge in [0.1, 0.15) is 11.6 Å². The number of ether oxygens (including phenoxy) is 3. The molecule has 2 aliphatic rings. The van der Waals surface area contributed by atoms with E-state index in [0.29, 0.717) is 57.9 Å². The summed E-state index contributed by atoms with van der Waals surface area (Å²) >= 11 is 0. The number of cyclic esters (lactones) is 1. The Morgan fingerprint density at radius 2 is 1.82 bits per heavy atom. The fourth-order valence-corrected chi connectivity index (χ4v) is 4.91. The topological polar surface area (TPSA) is 81.2 Å². The molecule has 39 heavy (non-hydrogen) atoms. The lowest BCUT2D eigenvalue weighted by molar-refractivity contribution is -0.163. The summed E-state index contributed by atoms with van der Waals surface area (Å²) in [4.78, 5) is 33.8. The summed E-state index contributed by atoms with van der Waals surface area (Å²) in [5.74, 6) is -1.34. The van der Waals surface area contributed by atoms with Crippen molar-refractivity contribution in [2.24, 2.45) is 5.92 Å². The van der Waals surface area contributed by atoms with Gasteiger partial charge in [0.25, 0.3) is 0 Å². The van der Waals surface area contributed by atoms with Crippen LogP contribution >= 0.6 is 0 Å². The van der Waals surface area contributed by atoms with Crippen LogP contribution in [0.3, 0.4) is 0 Å². The molecule has 2 saturated heterocycles. The second-order valence-corrected chi connectivity index (χ2v) is 10.2. The van der Waals surface area contributed by atoms with E-state index in [1.54, 1.807) is 18.7 Å². The minimum atomic E-state index is -4.45. The predicted octanol–water partition coefficient (Wildman–Crippen LogP) is 4.46. The number of hydrogen-bond donors (Lipinski definition) is 0. The first-order chi connectivity index (χ1) is 18.5. The van der Waals surface area contributed by atoms with Crippen molar-refractivity contribution < 1.29 is 37.0 Å². The number of carbonyl (C=O) groups excluding carboxylic acids is 2. The van der Waals surface area contributed by atoms with Gasteiger partial charge in [-0.3, -0.25) is 4.79 Å². The van der Waals surface area contributed by atoms with Crippen molar-refractivity contribution in [2.45, 2.75) is 58.1 Å². The molecule has 2 atom stereocenters. The molecule has 1 aromatic heterocycles. The zero-order valence-electron chi connectivity index (χ0n) is 22.4. The van der Waals surface area contributed by atoms with Crippen molar-refractivity contribution in [1.82, 2.24) is 9.88 Å². The second-order valence-electron chi connectivity index (χ2n) is 10.2. The summed E-state index contributed by atoms with van der Waals surface area (Å²) in [6.07, 6.45) is -2.82. The van der Waals surface area contributed by atoms with Gasteiger partial charge in [-0.05, 0) is 56.0 Å². The molecule has 2 aliphatic heterocycles. The van der Waals surface area contributed by atoms with Crippen molar-refractivity contribution >= 4 is 17.7 Å². The van der Waals surface area contributed by atoms with E-state index >= 15 is 0 Å². The van der Waals surface area contributed by atoms with E-state index in [9.17, 15) is 22.8 Å². The fraction of sp³-hybridized carbons (Fsp3) is 0.536. The number of aryl methyl sites for hydroxylation is 1.